The summed E-state index contributed by atoms with van der Waals surface area (Å²) in [5.74, 6) is 2.27. The van der Waals surface area contributed by atoms with Crippen LogP contribution in [0.25, 0.3) is 0 Å². The molecule has 2 aliphatic rings. The monoisotopic (exact) mass is 456 g/mol. The fourth-order valence-corrected chi connectivity index (χ4v) is 4.00. The quantitative estimate of drug-likeness (QED) is 0.414. The average molecular weight is 457 g/mol. The molecule has 0 aliphatic carbocycles. The van der Waals surface area contributed by atoms with E-state index in [4.69, 9.17) is 18.9 Å². The van der Waals surface area contributed by atoms with Gasteiger partial charge in [0.1, 0.15) is 19.0 Å². The van der Waals surface area contributed by atoms with Crippen molar-refractivity contribution >= 4 is 11.9 Å². The number of aliphatic hydroxyl groups excluding tert-OH is 2. The Hall–Kier alpha value is -2.81. The second-order valence-corrected chi connectivity index (χ2v) is 8.49. The van der Waals surface area contributed by atoms with Gasteiger partial charge in [0.2, 0.25) is 6.29 Å². The first-order valence-corrected chi connectivity index (χ1v) is 11.4. The van der Waals surface area contributed by atoms with Gasteiger partial charge in [-0.05, 0) is 62.1 Å². The second kappa shape index (κ2) is 10.9. The third-order valence-corrected chi connectivity index (χ3v) is 5.76. The van der Waals surface area contributed by atoms with Crippen LogP contribution in [0.5, 0.6) is 17.2 Å². The Balaban J connectivity index is 1.33. The van der Waals surface area contributed by atoms with Crippen LogP contribution in [0.3, 0.4) is 0 Å². The molecule has 0 bridgehead atoms. The minimum atomic E-state index is -0.603. The number of nitrogens with zero attached hydrogens (tertiary/aromatic N) is 1. The zero-order chi connectivity index (χ0) is 23.2. The number of hydrogen-bond donors (Lipinski definition) is 3. The molecule has 2 heterocycles. The molecule has 1 saturated heterocycles. The van der Waals surface area contributed by atoms with Gasteiger partial charge in [0.25, 0.3) is 0 Å². The van der Waals surface area contributed by atoms with Gasteiger partial charge < -0.3 is 29.2 Å². The van der Waals surface area contributed by atoms with E-state index < -0.39 is 18.5 Å². The van der Waals surface area contributed by atoms with Crippen molar-refractivity contribution in [1.82, 2.24) is 0 Å². The van der Waals surface area contributed by atoms with Crippen LogP contribution in [0, 0.1) is 13.8 Å². The second-order valence-electron chi connectivity index (χ2n) is 8.49. The van der Waals surface area contributed by atoms with Crippen LogP contribution in [0.4, 0.5) is 5.69 Å². The van der Waals surface area contributed by atoms with Crippen LogP contribution in [-0.4, -0.2) is 54.7 Å². The zero-order valence-corrected chi connectivity index (χ0v) is 19.1. The van der Waals surface area contributed by atoms with Gasteiger partial charge in [-0.15, -0.1) is 0 Å². The molecule has 0 aromatic heterocycles. The van der Waals surface area contributed by atoms with E-state index in [-0.39, 0.29) is 6.61 Å². The van der Waals surface area contributed by atoms with Gasteiger partial charge in [-0.3, -0.25) is 5.43 Å². The van der Waals surface area contributed by atoms with Crippen molar-refractivity contribution in [2.45, 2.75) is 58.0 Å². The van der Waals surface area contributed by atoms with Gasteiger partial charge in [-0.2, -0.15) is 5.10 Å². The molecular weight excluding hydrogens is 424 g/mol. The molecule has 0 spiro atoms. The van der Waals surface area contributed by atoms with Crippen molar-refractivity contribution in [2.75, 3.05) is 25.2 Å². The number of aliphatic hydroxyl groups is 2. The number of ether oxygens (including phenoxy) is 4. The molecule has 3 unspecified atom stereocenters. The molecule has 0 amide bonds. The van der Waals surface area contributed by atoms with E-state index in [1.54, 1.807) is 0 Å². The molecule has 3 atom stereocenters. The molecular formula is C25H32N2O6. The van der Waals surface area contributed by atoms with E-state index in [1.165, 1.54) is 5.56 Å². The minimum Gasteiger partial charge on any atom is -0.486 e. The fraction of sp³-hybridized carbons (Fsp3) is 0.480. The Morgan fingerprint density at radius 3 is 2.76 bits per heavy atom. The first kappa shape index (κ1) is 23.4. The first-order valence-electron chi connectivity index (χ1n) is 11.4. The van der Waals surface area contributed by atoms with Crippen molar-refractivity contribution in [2.24, 2.45) is 5.10 Å². The zero-order valence-electron chi connectivity index (χ0n) is 19.1. The molecule has 178 valence electrons. The highest BCUT2D eigenvalue weighted by molar-refractivity contribution is 5.63. The highest BCUT2D eigenvalue weighted by atomic mass is 16.7. The SMILES string of the molecule is Cc1cc(N/N=C/CCc2ccc3c(c2)OCCO3)c(C)c(OC2CC(O)CC(CO)O2)c1. The Kier molecular flexibility index (Phi) is 7.69. The summed E-state index contributed by atoms with van der Waals surface area (Å²) in [5.41, 5.74) is 7.04. The van der Waals surface area contributed by atoms with Crippen LogP contribution < -0.4 is 19.6 Å². The van der Waals surface area contributed by atoms with E-state index in [9.17, 15) is 10.2 Å². The molecule has 1 fully saturated rings. The Morgan fingerprint density at radius 1 is 1.12 bits per heavy atom. The summed E-state index contributed by atoms with van der Waals surface area (Å²) in [7, 11) is 0. The maximum Gasteiger partial charge on any atom is 0.202 e. The lowest BCUT2D eigenvalue weighted by Crippen LogP contribution is -2.40. The number of nitrogens with one attached hydrogen (secondary N) is 1. The average Bonchev–Trinajstić information content (AvgIpc) is 2.81. The van der Waals surface area contributed by atoms with Crippen molar-refractivity contribution in [3.63, 3.8) is 0 Å². The predicted octanol–water partition coefficient (Wildman–Crippen LogP) is 3.34. The minimum absolute atomic E-state index is 0.141. The van der Waals surface area contributed by atoms with Crippen LogP contribution in [0.1, 0.15) is 36.0 Å². The van der Waals surface area contributed by atoms with Crippen LogP contribution in [0.15, 0.2) is 35.4 Å². The number of benzene rings is 2. The summed E-state index contributed by atoms with van der Waals surface area (Å²) < 4.78 is 23.0. The standard InChI is InChI=1S/C25H32N2O6/c1-16-10-21(17(2)23(11-16)33-25-14-19(29)13-20(15-28)32-25)27-26-7-3-4-18-5-6-22-24(12-18)31-9-8-30-22/h5-7,10-12,19-20,25,27-29H,3-4,8-9,13-15H2,1-2H3/b26-7+. The highest BCUT2D eigenvalue weighted by Gasteiger charge is 2.29. The predicted molar refractivity (Wildman–Crippen MR) is 125 cm³/mol. The van der Waals surface area contributed by atoms with Gasteiger partial charge in [-0.25, -0.2) is 0 Å². The summed E-state index contributed by atoms with van der Waals surface area (Å²) >= 11 is 0. The largest absolute Gasteiger partial charge is 0.486 e. The molecule has 4 rings (SSSR count). The third kappa shape index (κ3) is 6.16. The van der Waals surface area contributed by atoms with E-state index in [2.05, 4.69) is 16.6 Å². The highest BCUT2D eigenvalue weighted by Crippen LogP contribution is 2.32. The lowest BCUT2D eigenvalue weighted by molar-refractivity contribution is -0.184. The Labute approximate surface area is 194 Å². The van der Waals surface area contributed by atoms with Crippen LogP contribution in [-0.2, 0) is 11.2 Å². The summed E-state index contributed by atoms with van der Waals surface area (Å²) in [6.07, 6.45) is 2.68. The molecule has 2 aromatic rings. The first-order chi connectivity index (χ1) is 16.0. The number of hydrogen-bond acceptors (Lipinski definition) is 8. The number of aryl methyl sites for hydroxylation is 2. The van der Waals surface area contributed by atoms with Crippen LogP contribution >= 0.6 is 0 Å². The normalized spacial score (nSPS) is 22.4. The smallest absolute Gasteiger partial charge is 0.202 e. The number of rotatable bonds is 8. The summed E-state index contributed by atoms with van der Waals surface area (Å²) in [6.45, 7) is 4.96. The van der Waals surface area contributed by atoms with Crippen molar-refractivity contribution in [3.8, 4) is 17.2 Å². The van der Waals surface area contributed by atoms with Crippen molar-refractivity contribution < 1.29 is 29.2 Å². The summed E-state index contributed by atoms with van der Waals surface area (Å²) in [4.78, 5) is 0. The Bertz CT molecular complexity index is 980. The molecule has 8 nitrogen and oxygen atoms in total. The molecule has 33 heavy (non-hydrogen) atoms. The van der Waals surface area contributed by atoms with E-state index in [0.29, 0.717) is 31.8 Å². The maximum atomic E-state index is 10.0. The molecule has 8 heteroatoms. The summed E-state index contributed by atoms with van der Waals surface area (Å²) in [6, 6.07) is 9.97. The van der Waals surface area contributed by atoms with Gasteiger partial charge in [0, 0.05) is 24.6 Å². The number of hydrazone groups is 1. The van der Waals surface area contributed by atoms with Crippen molar-refractivity contribution in [3.05, 3.63) is 47.0 Å². The molecule has 2 aromatic carbocycles. The Morgan fingerprint density at radius 2 is 1.94 bits per heavy atom. The molecule has 0 saturated carbocycles. The fourth-order valence-electron chi connectivity index (χ4n) is 4.00. The van der Waals surface area contributed by atoms with Crippen molar-refractivity contribution in [1.29, 1.82) is 0 Å². The van der Waals surface area contributed by atoms with E-state index in [0.717, 1.165) is 41.2 Å². The number of fused-ring (bicyclic) bond motifs is 1. The van der Waals surface area contributed by atoms with Gasteiger partial charge >= 0.3 is 0 Å². The lowest BCUT2D eigenvalue weighted by atomic mass is 10.1. The summed E-state index contributed by atoms with van der Waals surface area (Å²) in [5, 5.41) is 23.8. The van der Waals surface area contributed by atoms with Gasteiger partial charge in [-0.1, -0.05) is 6.07 Å². The molecule has 2 aliphatic heterocycles. The molecule has 0 radical (unpaired) electrons. The lowest BCUT2D eigenvalue weighted by Gasteiger charge is -2.32. The van der Waals surface area contributed by atoms with Gasteiger partial charge in [0.05, 0.1) is 24.5 Å². The van der Waals surface area contributed by atoms with Crippen LogP contribution in [0.2, 0.25) is 0 Å². The maximum absolute atomic E-state index is 10.0. The van der Waals surface area contributed by atoms with E-state index >= 15 is 0 Å². The third-order valence-electron chi connectivity index (χ3n) is 5.76. The molecule has 3 N–H and O–H groups in total. The topological polar surface area (TPSA) is 102 Å². The number of anilines is 1. The van der Waals surface area contributed by atoms with Gasteiger partial charge in [0.15, 0.2) is 11.5 Å². The van der Waals surface area contributed by atoms with E-state index in [1.807, 2.05) is 44.3 Å².